The Morgan fingerprint density at radius 1 is 1.32 bits per heavy atom. The molecule has 34 heavy (non-hydrogen) atoms. The lowest BCUT2D eigenvalue weighted by molar-refractivity contribution is -0.113. The van der Waals surface area contributed by atoms with Crippen LogP contribution in [0.1, 0.15) is 24.0 Å². The van der Waals surface area contributed by atoms with E-state index >= 15 is 0 Å². The number of nitrogens with zero attached hydrogens (tertiary/aromatic N) is 4. The lowest BCUT2D eigenvalue weighted by Crippen LogP contribution is -2.23. The van der Waals surface area contributed by atoms with E-state index in [-0.39, 0.29) is 23.3 Å². The average Bonchev–Trinajstić information content (AvgIpc) is 3.61. The largest absolute Gasteiger partial charge is 0.371 e. The summed E-state index contributed by atoms with van der Waals surface area (Å²) in [4.78, 5) is 31.3. The van der Waals surface area contributed by atoms with E-state index in [1.54, 1.807) is 10.6 Å². The van der Waals surface area contributed by atoms with Crippen molar-refractivity contribution in [2.24, 2.45) is 0 Å². The molecule has 0 radical (unpaired) electrons. The van der Waals surface area contributed by atoms with Crippen molar-refractivity contribution >= 4 is 55.7 Å². The summed E-state index contributed by atoms with van der Waals surface area (Å²) in [6.45, 7) is 4.80. The number of amides is 1. The number of fused-ring (bicyclic) bond motifs is 1. The summed E-state index contributed by atoms with van der Waals surface area (Å²) in [5.74, 6) is -0.156. The van der Waals surface area contributed by atoms with E-state index in [4.69, 9.17) is 9.72 Å². The van der Waals surface area contributed by atoms with Gasteiger partial charge in [0.15, 0.2) is 5.16 Å². The Balaban J connectivity index is 1.35. The van der Waals surface area contributed by atoms with E-state index < -0.39 is 0 Å². The summed E-state index contributed by atoms with van der Waals surface area (Å²) in [7, 11) is 0. The number of hydrogen-bond donors (Lipinski definition) is 1. The Kier molecular flexibility index (Phi) is 6.86. The summed E-state index contributed by atoms with van der Waals surface area (Å²) >= 11 is 3.96. The molecule has 5 rings (SSSR count). The van der Waals surface area contributed by atoms with Gasteiger partial charge in [0.2, 0.25) is 11.0 Å². The van der Waals surface area contributed by atoms with Crippen molar-refractivity contribution in [3.05, 3.63) is 63.7 Å². The zero-order valence-corrected chi connectivity index (χ0v) is 20.5. The topological polar surface area (TPSA) is 99.0 Å². The lowest BCUT2D eigenvalue weighted by Gasteiger charge is -2.10. The van der Waals surface area contributed by atoms with Crippen LogP contribution in [0.25, 0.3) is 21.3 Å². The number of thiophene rings is 1. The van der Waals surface area contributed by atoms with Gasteiger partial charge in [0, 0.05) is 24.1 Å². The summed E-state index contributed by atoms with van der Waals surface area (Å²) in [6.07, 6.45) is 3.54. The van der Waals surface area contributed by atoms with Gasteiger partial charge < -0.3 is 4.74 Å². The first-order chi connectivity index (χ1) is 16.6. The van der Waals surface area contributed by atoms with Crippen LogP contribution in [0.15, 0.2) is 58.3 Å². The molecule has 0 bridgehead atoms. The van der Waals surface area contributed by atoms with Gasteiger partial charge in [-0.1, -0.05) is 59.5 Å². The van der Waals surface area contributed by atoms with Crippen molar-refractivity contribution in [2.45, 2.75) is 30.6 Å². The molecule has 1 aliphatic heterocycles. The first-order valence-corrected chi connectivity index (χ1v) is 13.4. The molecule has 1 atom stereocenters. The van der Waals surface area contributed by atoms with E-state index in [2.05, 4.69) is 22.1 Å². The molecule has 0 aliphatic carbocycles. The number of rotatable bonds is 8. The van der Waals surface area contributed by atoms with Crippen LogP contribution in [-0.2, 0) is 16.1 Å². The van der Waals surface area contributed by atoms with Crippen LogP contribution in [0.5, 0.6) is 0 Å². The molecular formula is C23H21N5O3S3. The summed E-state index contributed by atoms with van der Waals surface area (Å²) in [6, 6.07) is 9.78. The second-order valence-electron chi connectivity index (χ2n) is 7.58. The summed E-state index contributed by atoms with van der Waals surface area (Å²) in [5, 5.41) is 15.2. The highest BCUT2D eigenvalue weighted by atomic mass is 32.2. The van der Waals surface area contributed by atoms with Gasteiger partial charge >= 0.3 is 0 Å². The van der Waals surface area contributed by atoms with Crippen molar-refractivity contribution < 1.29 is 9.53 Å². The predicted octanol–water partition coefficient (Wildman–Crippen LogP) is 4.74. The number of aromatic nitrogens is 4. The molecular weight excluding hydrogens is 490 g/mol. The number of carbonyl (C=O) groups is 1. The Labute approximate surface area is 207 Å². The van der Waals surface area contributed by atoms with E-state index in [1.807, 2.05) is 35.7 Å². The number of allylic oxidation sites excluding steroid dienone is 1. The number of carbonyl (C=O) groups excluding carboxylic acids is 1. The molecule has 3 aromatic heterocycles. The minimum atomic E-state index is -0.240. The third kappa shape index (κ3) is 4.69. The van der Waals surface area contributed by atoms with Gasteiger partial charge in [-0.2, -0.15) is 0 Å². The second-order valence-corrected chi connectivity index (χ2v) is 10.4. The van der Waals surface area contributed by atoms with Gasteiger partial charge in [-0.3, -0.25) is 19.5 Å². The van der Waals surface area contributed by atoms with E-state index in [0.717, 1.165) is 35.6 Å². The first kappa shape index (κ1) is 22.9. The zero-order valence-electron chi connectivity index (χ0n) is 18.1. The van der Waals surface area contributed by atoms with Crippen LogP contribution in [0.2, 0.25) is 0 Å². The number of benzene rings is 1. The van der Waals surface area contributed by atoms with Crippen LogP contribution in [0.4, 0.5) is 5.13 Å². The second kappa shape index (κ2) is 10.2. The van der Waals surface area contributed by atoms with Gasteiger partial charge in [0.05, 0.1) is 11.1 Å². The Morgan fingerprint density at radius 3 is 2.94 bits per heavy atom. The molecule has 1 unspecified atom stereocenters. The van der Waals surface area contributed by atoms with Crippen molar-refractivity contribution in [3.8, 4) is 11.1 Å². The molecule has 1 amide bonds. The number of thioether (sulfide) groups is 1. The van der Waals surface area contributed by atoms with Crippen LogP contribution < -0.4 is 10.9 Å². The summed E-state index contributed by atoms with van der Waals surface area (Å²) < 4.78 is 7.18. The van der Waals surface area contributed by atoms with Crippen molar-refractivity contribution in [1.29, 1.82) is 0 Å². The van der Waals surface area contributed by atoms with Crippen LogP contribution in [0, 0.1) is 0 Å². The SMILES string of the molecule is C=CCn1c(SCC(=O)Nc2nnc(C3CCCO3)s2)nc2scc(-c3ccccc3)c2c1=O. The minimum Gasteiger partial charge on any atom is -0.371 e. The first-order valence-electron chi connectivity index (χ1n) is 10.7. The third-order valence-electron chi connectivity index (χ3n) is 5.28. The molecule has 1 N–H and O–H groups in total. The Bertz CT molecular complexity index is 1390. The predicted molar refractivity (Wildman–Crippen MR) is 137 cm³/mol. The fourth-order valence-corrected chi connectivity index (χ4v) is 6.35. The maximum atomic E-state index is 13.4. The maximum absolute atomic E-state index is 13.4. The van der Waals surface area contributed by atoms with Crippen molar-refractivity contribution in [1.82, 2.24) is 19.7 Å². The summed E-state index contributed by atoms with van der Waals surface area (Å²) in [5.41, 5.74) is 1.69. The quantitative estimate of drug-likeness (QED) is 0.207. The van der Waals surface area contributed by atoms with Crippen molar-refractivity contribution in [3.63, 3.8) is 0 Å². The normalized spacial score (nSPS) is 15.6. The van der Waals surface area contributed by atoms with Crippen LogP contribution in [0.3, 0.4) is 0 Å². The van der Waals surface area contributed by atoms with Gasteiger partial charge in [0.1, 0.15) is 15.9 Å². The molecule has 8 nitrogen and oxygen atoms in total. The number of nitrogens with one attached hydrogen (secondary N) is 1. The lowest BCUT2D eigenvalue weighted by atomic mass is 10.1. The van der Waals surface area contributed by atoms with E-state index in [1.165, 1.54) is 34.4 Å². The molecule has 11 heteroatoms. The minimum absolute atomic E-state index is 0.0339. The third-order valence-corrected chi connectivity index (χ3v) is 8.06. The molecule has 4 aromatic rings. The van der Waals surface area contributed by atoms with Gasteiger partial charge in [-0.15, -0.1) is 28.1 Å². The average molecular weight is 512 g/mol. The molecule has 174 valence electrons. The fourth-order valence-electron chi connectivity index (χ4n) is 3.71. The van der Waals surface area contributed by atoms with Gasteiger partial charge in [0.25, 0.3) is 5.56 Å². The number of anilines is 1. The molecule has 4 heterocycles. The van der Waals surface area contributed by atoms with E-state index in [0.29, 0.717) is 27.0 Å². The van der Waals surface area contributed by atoms with Crippen LogP contribution >= 0.6 is 34.4 Å². The molecule has 1 fully saturated rings. The highest BCUT2D eigenvalue weighted by Gasteiger charge is 2.23. The zero-order chi connectivity index (χ0) is 23.5. The monoisotopic (exact) mass is 511 g/mol. The van der Waals surface area contributed by atoms with Gasteiger partial charge in [-0.05, 0) is 18.4 Å². The highest BCUT2D eigenvalue weighted by Crippen LogP contribution is 2.33. The standard InChI is InChI=1S/C23H21N5O3S3/c1-2-10-28-21(30)18-15(14-7-4-3-5-8-14)12-32-20(18)25-23(28)33-13-17(29)24-22-27-26-19(34-22)16-9-6-11-31-16/h2-5,7-8,12,16H,1,6,9-11,13H2,(H,24,27,29). The molecule has 0 saturated carbocycles. The fraction of sp³-hybridized carbons (Fsp3) is 0.261. The van der Waals surface area contributed by atoms with E-state index in [9.17, 15) is 9.59 Å². The molecule has 1 saturated heterocycles. The molecule has 1 aliphatic rings. The van der Waals surface area contributed by atoms with Crippen molar-refractivity contribution in [2.75, 3.05) is 17.7 Å². The number of ether oxygens (including phenoxy) is 1. The maximum Gasteiger partial charge on any atom is 0.263 e. The molecule has 1 aromatic carbocycles. The number of hydrogen-bond acceptors (Lipinski definition) is 9. The smallest absolute Gasteiger partial charge is 0.263 e. The van der Waals surface area contributed by atoms with Gasteiger partial charge in [-0.25, -0.2) is 4.98 Å². The molecule has 0 spiro atoms. The Morgan fingerprint density at radius 2 is 2.18 bits per heavy atom. The van der Waals surface area contributed by atoms with Crippen LogP contribution in [-0.4, -0.2) is 38.0 Å². The highest BCUT2D eigenvalue weighted by molar-refractivity contribution is 7.99. The Hall–Kier alpha value is -2.86.